The highest BCUT2D eigenvalue weighted by molar-refractivity contribution is 6.30. The molecule has 4 nitrogen and oxygen atoms in total. The third-order valence-corrected chi connectivity index (χ3v) is 5.00. The Labute approximate surface area is 150 Å². The number of likely N-dealkylation sites (tertiary alicyclic amines) is 1. The summed E-state index contributed by atoms with van der Waals surface area (Å²) in [5.41, 5.74) is 7.22. The number of benzene rings is 1. The number of rotatable bonds is 5. The normalized spacial score (nSPS) is 23.9. The molecule has 1 aliphatic heterocycles. The molecule has 2 rings (SSSR count). The fourth-order valence-electron chi connectivity index (χ4n) is 3.04. The molecular weight excluding hydrogens is 333 g/mol. The highest BCUT2D eigenvalue weighted by Gasteiger charge is 2.35. The number of halogens is 2. The summed E-state index contributed by atoms with van der Waals surface area (Å²) >= 11 is 5.97. The Morgan fingerprint density at radius 1 is 1.43 bits per heavy atom. The van der Waals surface area contributed by atoms with Crippen LogP contribution in [0.4, 0.5) is 0 Å². The minimum atomic E-state index is -0.443. The van der Waals surface area contributed by atoms with Gasteiger partial charge in [0.05, 0.1) is 12.1 Å². The molecule has 1 aliphatic rings. The molecule has 1 saturated heterocycles. The number of carbonyl (C=O) groups excluding carboxylic acids is 1. The molecule has 1 aromatic rings. The van der Waals surface area contributed by atoms with Crippen molar-refractivity contribution in [3.63, 3.8) is 0 Å². The van der Waals surface area contributed by atoms with Gasteiger partial charge in [0.25, 0.3) is 0 Å². The molecule has 0 spiro atoms. The number of hydrogen-bond donors (Lipinski definition) is 2. The van der Waals surface area contributed by atoms with E-state index in [4.69, 9.17) is 17.3 Å². The molecule has 4 atom stereocenters. The van der Waals surface area contributed by atoms with E-state index in [0.29, 0.717) is 0 Å². The summed E-state index contributed by atoms with van der Waals surface area (Å²) in [5, 5.41) is 3.87. The Kier molecular flexibility index (Phi) is 7.81. The third kappa shape index (κ3) is 4.83. The molecule has 1 aromatic carbocycles. The van der Waals surface area contributed by atoms with Crippen molar-refractivity contribution in [3.05, 3.63) is 34.9 Å². The van der Waals surface area contributed by atoms with Crippen LogP contribution >= 0.6 is 24.0 Å². The largest absolute Gasteiger partial charge is 0.350 e. The van der Waals surface area contributed by atoms with Gasteiger partial charge in [0.2, 0.25) is 5.91 Å². The number of nitrogens with two attached hydrogens (primary N) is 1. The number of hydrogen-bond acceptors (Lipinski definition) is 3. The second-order valence-electron chi connectivity index (χ2n) is 6.29. The molecule has 0 radical (unpaired) electrons. The molecule has 0 bridgehead atoms. The van der Waals surface area contributed by atoms with E-state index in [1.54, 1.807) is 0 Å². The van der Waals surface area contributed by atoms with Gasteiger partial charge in [-0.2, -0.15) is 0 Å². The summed E-state index contributed by atoms with van der Waals surface area (Å²) < 4.78 is 0. The van der Waals surface area contributed by atoms with Crippen molar-refractivity contribution in [2.75, 3.05) is 13.6 Å². The van der Waals surface area contributed by atoms with Crippen molar-refractivity contribution in [1.29, 1.82) is 0 Å². The van der Waals surface area contributed by atoms with Crippen molar-refractivity contribution in [3.8, 4) is 0 Å². The van der Waals surface area contributed by atoms with Gasteiger partial charge in [-0.1, -0.05) is 44.0 Å². The maximum absolute atomic E-state index is 12.4. The Morgan fingerprint density at radius 2 is 2.04 bits per heavy atom. The number of likely N-dealkylation sites (N-methyl/N-ethyl adjacent to an activating group) is 1. The van der Waals surface area contributed by atoms with Crippen LogP contribution in [-0.2, 0) is 4.79 Å². The van der Waals surface area contributed by atoms with Gasteiger partial charge in [-0.15, -0.1) is 12.4 Å². The van der Waals surface area contributed by atoms with Crippen LogP contribution in [0.2, 0.25) is 5.02 Å². The lowest BCUT2D eigenvalue weighted by Crippen LogP contribution is -2.49. The Balaban J connectivity index is 0.00000264. The summed E-state index contributed by atoms with van der Waals surface area (Å²) in [7, 11) is 2.08. The van der Waals surface area contributed by atoms with Gasteiger partial charge in [0.1, 0.15) is 0 Å². The fourth-order valence-corrected chi connectivity index (χ4v) is 3.16. The number of nitrogens with one attached hydrogen (secondary N) is 1. The highest BCUT2D eigenvalue weighted by atomic mass is 35.5. The van der Waals surface area contributed by atoms with Crippen LogP contribution in [0.1, 0.15) is 38.3 Å². The van der Waals surface area contributed by atoms with E-state index in [9.17, 15) is 4.79 Å². The SMILES string of the molecule is CCC(C)C(N)C(=O)NC1CCN(C)C1c1ccc(Cl)cc1.Cl. The molecule has 6 heteroatoms. The van der Waals surface area contributed by atoms with Gasteiger partial charge >= 0.3 is 0 Å². The predicted octanol–water partition coefficient (Wildman–Crippen LogP) is 3.00. The van der Waals surface area contributed by atoms with Crippen molar-refractivity contribution in [2.24, 2.45) is 11.7 Å². The van der Waals surface area contributed by atoms with Crippen LogP contribution < -0.4 is 11.1 Å². The smallest absolute Gasteiger partial charge is 0.237 e. The minimum Gasteiger partial charge on any atom is -0.350 e. The molecule has 1 amide bonds. The summed E-state index contributed by atoms with van der Waals surface area (Å²) in [6, 6.07) is 7.67. The van der Waals surface area contributed by atoms with E-state index < -0.39 is 6.04 Å². The van der Waals surface area contributed by atoms with E-state index in [0.717, 1.165) is 24.4 Å². The van der Waals surface area contributed by atoms with Crippen molar-refractivity contribution >= 4 is 29.9 Å². The summed E-state index contributed by atoms with van der Waals surface area (Å²) in [6.07, 6.45) is 1.84. The molecule has 23 heavy (non-hydrogen) atoms. The first kappa shape index (κ1) is 20.2. The second-order valence-corrected chi connectivity index (χ2v) is 6.73. The third-order valence-electron chi connectivity index (χ3n) is 4.75. The zero-order valence-corrected chi connectivity index (χ0v) is 15.5. The molecule has 1 fully saturated rings. The summed E-state index contributed by atoms with van der Waals surface area (Å²) in [5.74, 6) is 0.140. The fraction of sp³-hybridized carbons (Fsp3) is 0.588. The molecule has 1 heterocycles. The van der Waals surface area contributed by atoms with Crippen molar-refractivity contribution < 1.29 is 4.79 Å². The monoisotopic (exact) mass is 359 g/mol. The van der Waals surface area contributed by atoms with Crippen molar-refractivity contribution in [2.45, 2.75) is 44.8 Å². The number of amides is 1. The molecular formula is C17H27Cl2N3O. The van der Waals surface area contributed by atoms with Gasteiger partial charge in [-0.3, -0.25) is 9.69 Å². The molecule has 3 N–H and O–H groups in total. The molecule has 0 saturated carbocycles. The first-order chi connectivity index (χ1) is 10.4. The first-order valence-corrected chi connectivity index (χ1v) is 8.33. The second kappa shape index (κ2) is 8.88. The zero-order chi connectivity index (χ0) is 16.3. The predicted molar refractivity (Wildman–Crippen MR) is 98.0 cm³/mol. The first-order valence-electron chi connectivity index (χ1n) is 7.95. The molecule has 130 valence electrons. The Hall–Kier alpha value is -0.810. The maximum Gasteiger partial charge on any atom is 0.237 e. The van der Waals surface area contributed by atoms with E-state index in [1.807, 2.05) is 31.2 Å². The lowest BCUT2D eigenvalue weighted by Gasteiger charge is -2.28. The standard InChI is InChI=1S/C17H26ClN3O.ClH/c1-4-11(2)15(19)17(22)20-14-9-10-21(3)16(14)12-5-7-13(18)8-6-12;/h5-8,11,14-16H,4,9-10,19H2,1-3H3,(H,20,22);1H. The maximum atomic E-state index is 12.4. The molecule has 4 unspecified atom stereocenters. The van der Waals surface area contributed by atoms with Gasteiger partial charge in [-0.05, 0) is 37.1 Å². The van der Waals surface area contributed by atoms with Crippen LogP contribution in [0.25, 0.3) is 0 Å². The lowest BCUT2D eigenvalue weighted by atomic mass is 9.97. The van der Waals surface area contributed by atoms with Crippen LogP contribution in [0, 0.1) is 5.92 Å². The highest BCUT2D eigenvalue weighted by Crippen LogP contribution is 2.31. The van der Waals surface area contributed by atoms with Gasteiger partial charge in [-0.25, -0.2) is 0 Å². The van der Waals surface area contributed by atoms with E-state index >= 15 is 0 Å². The van der Waals surface area contributed by atoms with E-state index in [1.165, 1.54) is 5.56 Å². The lowest BCUT2D eigenvalue weighted by molar-refractivity contribution is -0.124. The minimum absolute atomic E-state index is 0. The van der Waals surface area contributed by atoms with Crippen LogP contribution in [-0.4, -0.2) is 36.5 Å². The number of carbonyl (C=O) groups is 1. The topological polar surface area (TPSA) is 58.4 Å². The van der Waals surface area contributed by atoms with Gasteiger partial charge < -0.3 is 11.1 Å². The van der Waals surface area contributed by atoms with Gasteiger partial charge in [0, 0.05) is 17.6 Å². The average Bonchev–Trinajstić information content (AvgIpc) is 2.87. The Bertz CT molecular complexity index is 509. The van der Waals surface area contributed by atoms with E-state index in [-0.39, 0.29) is 36.3 Å². The van der Waals surface area contributed by atoms with E-state index in [2.05, 4.69) is 24.2 Å². The molecule has 0 aliphatic carbocycles. The van der Waals surface area contributed by atoms with Crippen LogP contribution in [0.3, 0.4) is 0 Å². The summed E-state index contributed by atoms with van der Waals surface area (Å²) in [4.78, 5) is 14.6. The quantitative estimate of drug-likeness (QED) is 0.849. The summed E-state index contributed by atoms with van der Waals surface area (Å²) in [6.45, 7) is 5.02. The van der Waals surface area contributed by atoms with Crippen molar-refractivity contribution in [1.82, 2.24) is 10.2 Å². The number of nitrogens with zero attached hydrogens (tertiary/aromatic N) is 1. The molecule has 0 aromatic heterocycles. The van der Waals surface area contributed by atoms with Gasteiger partial charge in [0.15, 0.2) is 0 Å². The Morgan fingerprint density at radius 3 is 2.61 bits per heavy atom. The zero-order valence-electron chi connectivity index (χ0n) is 14.0. The van der Waals surface area contributed by atoms with Crippen LogP contribution in [0.5, 0.6) is 0 Å². The van der Waals surface area contributed by atoms with Crippen LogP contribution in [0.15, 0.2) is 24.3 Å². The average molecular weight is 360 g/mol.